The van der Waals surface area contributed by atoms with Gasteiger partial charge in [0.05, 0.1) is 26.9 Å². The maximum absolute atomic E-state index is 14.7. The minimum absolute atomic E-state index is 0.0222. The van der Waals surface area contributed by atoms with Crippen LogP contribution >= 0.6 is 0 Å². The van der Waals surface area contributed by atoms with Crippen molar-refractivity contribution in [2.24, 2.45) is 11.3 Å². The average molecular weight is 720 g/mol. The molecule has 4 aliphatic rings. The smallest absolute Gasteiger partial charge is 0.407 e. The van der Waals surface area contributed by atoms with Gasteiger partial charge >= 0.3 is 12.1 Å². The second-order valence-electron chi connectivity index (χ2n) is 16.1. The van der Waals surface area contributed by atoms with Crippen molar-refractivity contribution >= 4 is 34.6 Å². The predicted octanol–water partition coefficient (Wildman–Crippen LogP) is 6.32. The van der Waals surface area contributed by atoms with Gasteiger partial charge in [0.2, 0.25) is 11.8 Å². The van der Waals surface area contributed by atoms with Gasteiger partial charge in [0.15, 0.2) is 0 Å². The third kappa shape index (κ3) is 7.89. The lowest BCUT2D eigenvalue weighted by atomic mass is 9.83. The molecule has 3 aliphatic heterocycles. The summed E-state index contributed by atoms with van der Waals surface area (Å²) in [5, 5.41) is 8.02. The Hall–Kier alpha value is -3.86. The van der Waals surface area contributed by atoms with E-state index < -0.39 is 41.2 Å². The largest absolute Gasteiger partial charge is 0.496 e. The maximum Gasteiger partial charge on any atom is 0.407 e. The number of hydrogen-bond acceptors (Lipinski definition) is 8. The lowest BCUT2D eigenvalue weighted by Gasteiger charge is -2.31. The van der Waals surface area contributed by atoms with Crippen LogP contribution < -0.4 is 15.4 Å². The number of nitrogens with zero attached hydrogens (tertiary/aromatic N) is 1. The number of nitrogens with one attached hydrogen (secondary N) is 2. The molecule has 0 unspecified atom stereocenters. The molecular formula is C41H57N3O8. The summed E-state index contributed by atoms with van der Waals surface area (Å²) in [5.41, 5.74) is -0.276. The minimum Gasteiger partial charge on any atom is -0.496 e. The van der Waals surface area contributed by atoms with Crippen molar-refractivity contribution in [2.75, 3.05) is 34.0 Å². The molecule has 6 bridgehead atoms. The van der Waals surface area contributed by atoms with Crippen LogP contribution in [0.5, 0.6) is 5.75 Å². The van der Waals surface area contributed by atoms with Crippen LogP contribution in [0.25, 0.3) is 10.8 Å². The van der Waals surface area contributed by atoms with Gasteiger partial charge < -0.3 is 34.5 Å². The van der Waals surface area contributed by atoms with Crippen molar-refractivity contribution in [3.05, 3.63) is 41.5 Å². The zero-order valence-electron chi connectivity index (χ0n) is 31.6. The summed E-state index contributed by atoms with van der Waals surface area (Å²) < 4.78 is 23.3. The van der Waals surface area contributed by atoms with Gasteiger partial charge in [-0.25, -0.2) is 9.59 Å². The number of benzene rings is 2. The lowest BCUT2D eigenvalue weighted by Crippen LogP contribution is -2.56. The molecule has 0 spiro atoms. The van der Waals surface area contributed by atoms with Crippen LogP contribution in [0.3, 0.4) is 0 Å². The Bertz CT molecular complexity index is 1660. The molecule has 11 heteroatoms. The highest BCUT2D eigenvalue weighted by Gasteiger charge is 2.63. The molecule has 1 aliphatic carbocycles. The molecule has 1 saturated carbocycles. The minimum atomic E-state index is -1.11. The number of amides is 3. The monoisotopic (exact) mass is 719 g/mol. The van der Waals surface area contributed by atoms with Gasteiger partial charge in [0.1, 0.15) is 29.0 Å². The van der Waals surface area contributed by atoms with Gasteiger partial charge in [-0.05, 0) is 103 Å². The number of fused-ring (bicyclic) bond motifs is 6. The van der Waals surface area contributed by atoms with E-state index in [0.717, 1.165) is 85.4 Å². The summed E-state index contributed by atoms with van der Waals surface area (Å²) in [7, 11) is 3.30. The van der Waals surface area contributed by atoms with Crippen molar-refractivity contribution in [3.63, 3.8) is 0 Å². The highest BCUT2D eigenvalue weighted by molar-refractivity contribution is 5.96. The molecule has 6 rings (SSSR count). The van der Waals surface area contributed by atoms with Crippen molar-refractivity contribution in [3.8, 4) is 5.75 Å². The lowest BCUT2D eigenvalue weighted by molar-refractivity contribution is -0.150. The second-order valence-corrected chi connectivity index (χ2v) is 16.1. The van der Waals surface area contributed by atoms with Gasteiger partial charge in [-0.15, -0.1) is 0 Å². The SMILES string of the molecule is CCOC(=O)[C@@]12C[C@@H]1CCCCCCC[C@@H]1NC(=O)OCCC(C)(C)CCCc3cc4cc(ccc4cc3OC)[C@]3(OC)C[C@@H](C(=O)N2)N(C3)C1=O. The molecule has 52 heavy (non-hydrogen) atoms. The van der Waals surface area contributed by atoms with Crippen molar-refractivity contribution in [2.45, 2.75) is 127 Å². The number of hydrogen-bond donors (Lipinski definition) is 2. The molecule has 3 heterocycles. The van der Waals surface area contributed by atoms with E-state index in [0.29, 0.717) is 19.3 Å². The van der Waals surface area contributed by atoms with E-state index in [-0.39, 0.29) is 43.4 Å². The Kier molecular flexibility index (Phi) is 11.4. The number of aryl methyl sites for hydroxylation is 1. The normalized spacial score (nSPS) is 30.1. The fourth-order valence-electron chi connectivity index (χ4n) is 8.71. The first-order valence-electron chi connectivity index (χ1n) is 19.3. The van der Waals surface area contributed by atoms with E-state index in [1.165, 1.54) is 0 Å². The van der Waals surface area contributed by atoms with Crippen molar-refractivity contribution in [1.82, 2.24) is 15.5 Å². The van der Waals surface area contributed by atoms with Gasteiger partial charge in [-0.2, -0.15) is 0 Å². The predicted molar refractivity (Wildman–Crippen MR) is 197 cm³/mol. The number of methoxy groups -OCH3 is 2. The highest BCUT2D eigenvalue weighted by Crippen LogP contribution is 2.49. The molecule has 2 N–H and O–H groups in total. The number of esters is 1. The fraction of sp³-hybridized carbons (Fsp3) is 0.659. The molecule has 2 aromatic rings. The Morgan fingerprint density at radius 2 is 1.71 bits per heavy atom. The summed E-state index contributed by atoms with van der Waals surface area (Å²) in [4.78, 5) is 57.5. The number of carbonyl (C=O) groups is 4. The van der Waals surface area contributed by atoms with Crippen LogP contribution in [0.15, 0.2) is 30.3 Å². The van der Waals surface area contributed by atoms with Crippen LogP contribution in [0, 0.1) is 11.3 Å². The first-order valence-corrected chi connectivity index (χ1v) is 19.3. The topological polar surface area (TPSA) is 132 Å². The van der Waals surface area contributed by atoms with Crippen molar-refractivity contribution < 1.29 is 38.1 Å². The van der Waals surface area contributed by atoms with Gasteiger partial charge in [0, 0.05) is 13.5 Å². The maximum atomic E-state index is 14.7. The van der Waals surface area contributed by atoms with Crippen LogP contribution in [-0.4, -0.2) is 80.4 Å². The van der Waals surface area contributed by atoms with Crippen molar-refractivity contribution in [1.29, 1.82) is 0 Å². The van der Waals surface area contributed by atoms with E-state index in [9.17, 15) is 19.2 Å². The molecule has 5 atom stereocenters. The molecule has 2 aromatic carbocycles. The number of ether oxygens (including phenoxy) is 4. The van der Waals surface area contributed by atoms with Crippen LogP contribution in [0.2, 0.25) is 0 Å². The van der Waals surface area contributed by atoms with E-state index in [1.54, 1.807) is 26.0 Å². The molecule has 3 fully saturated rings. The molecule has 0 aromatic heterocycles. The quantitative estimate of drug-likeness (QED) is 0.351. The Morgan fingerprint density at radius 1 is 0.942 bits per heavy atom. The number of carbonyl (C=O) groups excluding carboxylic acids is 4. The first kappa shape index (κ1) is 37.9. The summed E-state index contributed by atoms with van der Waals surface area (Å²) in [6, 6.07) is 8.51. The summed E-state index contributed by atoms with van der Waals surface area (Å²) >= 11 is 0. The molecule has 284 valence electrons. The van der Waals surface area contributed by atoms with E-state index in [1.807, 2.05) is 12.1 Å². The number of alkyl carbamates (subject to hydrolysis) is 1. The van der Waals surface area contributed by atoms with E-state index in [2.05, 4.69) is 42.7 Å². The highest BCUT2D eigenvalue weighted by atomic mass is 16.5. The second kappa shape index (κ2) is 15.6. The molecular weight excluding hydrogens is 662 g/mol. The third-order valence-electron chi connectivity index (χ3n) is 12.1. The first-order chi connectivity index (χ1) is 24.9. The Morgan fingerprint density at radius 3 is 2.46 bits per heavy atom. The zero-order chi connectivity index (χ0) is 37.1. The van der Waals surface area contributed by atoms with Gasteiger partial charge in [0.25, 0.3) is 0 Å². The van der Waals surface area contributed by atoms with Crippen LogP contribution in [0.1, 0.15) is 109 Å². The number of cyclic esters (lactones) is 1. The standard InChI is InChI=1S/C41H57N3O8/c1-6-51-37(47)41-24-31(41)14-10-8-7-9-11-15-32-36(46)44-26-40(50-5,25-33(44)35(45)43-41)30-17-16-27-23-34(49-4)28(21-29(27)22-30)13-12-18-39(2,3)19-20-52-38(48)42-32/h16-17,21-23,31-33H,6-15,18-20,24-26H2,1-5H3,(H,42,48)(H,43,45)/t31-,32-,33-,40-,41+/m0/s1. The van der Waals surface area contributed by atoms with Gasteiger partial charge in [-0.3, -0.25) is 9.59 Å². The molecule has 0 radical (unpaired) electrons. The Balaban J connectivity index is 1.43. The molecule has 2 saturated heterocycles. The number of rotatable bonds is 4. The molecule has 11 nitrogen and oxygen atoms in total. The Labute approximate surface area is 307 Å². The van der Waals surface area contributed by atoms with Gasteiger partial charge in [-0.1, -0.05) is 58.1 Å². The summed E-state index contributed by atoms with van der Waals surface area (Å²) in [5.74, 6) is -0.401. The third-order valence-corrected chi connectivity index (χ3v) is 12.1. The van der Waals surface area contributed by atoms with Crippen LogP contribution in [-0.2, 0) is 40.6 Å². The fourth-order valence-corrected chi connectivity index (χ4v) is 8.71. The summed E-state index contributed by atoms with van der Waals surface area (Å²) in [6.07, 6.45) is 9.14. The van der Waals surface area contributed by atoms with Crippen LogP contribution in [0.4, 0.5) is 4.79 Å². The van der Waals surface area contributed by atoms with E-state index in [4.69, 9.17) is 18.9 Å². The molecule has 3 amide bonds. The zero-order valence-corrected chi connectivity index (χ0v) is 31.6. The average Bonchev–Trinajstić information content (AvgIpc) is 3.66. The summed E-state index contributed by atoms with van der Waals surface area (Å²) in [6.45, 7) is 6.64. The van der Waals surface area contributed by atoms with E-state index >= 15 is 0 Å².